The number of nitrogens with zero attached hydrogens (tertiary/aromatic N) is 2. The second kappa shape index (κ2) is 8.23. The van der Waals surface area contributed by atoms with Crippen LogP contribution in [0, 0.1) is 12.8 Å². The molecule has 0 radical (unpaired) electrons. The molecular weight excluding hydrogens is 372 g/mol. The Morgan fingerprint density at radius 3 is 2.82 bits per heavy atom. The monoisotopic (exact) mass is 396 g/mol. The van der Waals surface area contributed by atoms with Crippen LogP contribution in [0.1, 0.15) is 24.0 Å². The number of benzene rings is 2. The van der Waals surface area contributed by atoms with Crippen molar-refractivity contribution >= 4 is 34.5 Å². The van der Waals surface area contributed by atoms with Crippen LogP contribution in [0.4, 0.5) is 5.95 Å². The van der Waals surface area contributed by atoms with Crippen LogP contribution in [0.3, 0.4) is 0 Å². The number of anilines is 1. The second-order valence-electron chi connectivity index (χ2n) is 7.45. The normalized spacial score (nSPS) is 15.1. The highest BCUT2D eigenvalue weighted by atomic mass is 35.5. The third kappa shape index (κ3) is 4.14. The Balaban J connectivity index is 1.28. The van der Waals surface area contributed by atoms with E-state index in [1.807, 2.05) is 30.3 Å². The van der Waals surface area contributed by atoms with Gasteiger partial charge in [0.2, 0.25) is 11.9 Å². The van der Waals surface area contributed by atoms with Crippen molar-refractivity contribution in [2.45, 2.75) is 26.2 Å². The summed E-state index contributed by atoms with van der Waals surface area (Å²) in [6.07, 6.45) is 2.56. The number of aromatic amines is 1. The Labute approximate surface area is 170 Å². The van der Waals surface area contributed by atoms with Gasteiger partial charge in [0.1, 0.15) is 0 Å². The quantitative estimate of drug-likeness (QED) is 0.682. The molecular formula is C22H25ClN4O. The Hall–Kier alpha value is -2.53. The third-order valence-electron chi connectivity index (χ3n) is 5.55. The van der Waals surface area contributed by atoms with E-state index in [-0.39, 0.29) is 11.8 Å². The van der Waals surface area contributed by atoms with Crippen molar-refractivity contribution in [2.75, 3.05) is 24.5 Å². The Bertz CT molecular complexity index is 976. The molecule has 4 rings (SSSR count). The molecule has 3 aromatic rings. The average Bonchev–Trinajstić information content (AvgIpc) is 3.12. The molecule has 0 spiro atoms. The highest BCUT2D eigenvalue weighted by Crippen LogP contribution is 2.25. The first-order valence-electron chi connectivity index (χ1n) is 9.82. The van der Waals surface area contributed by atoms with Gasteiger partial charge in [-0.2, -0.15) is 0 Å². The van der Waals surface area contributed by atoms with E-state index in [2.05, 4.69) is 39.2 Å². The number of hydrogen-bond acceptors (Lipinski definition) is 3. The lowest BCUT2D eigenvalue weighted by molar-refractivity contribution is -0.125. The molecule has 0 unspecified atom stereocenters. The summed E-state index contributed by atoms with van der Waals surface area (Å²) >= 11 is 6.05. The minimum atomic E-state index is 0.0759. The molecule has 0 saturated carbocycles. The molecule has 1 amide bonds. The molecule has 146 valence electrons. The van der Waals surface area contributed by atoms with E-state index in [9.17, 15) is 4.79 Å². The van der Waals surface area contributed by atoms with Crippen molar-refractivity contribution < 1.29 is 4.79 Å². The number of H-pyrrole nitrogens is 1. The molecule has 2 heterocycles. The fraction of sp³-hybridized carbons (Fsp3) is 0.364. The van der Waals surface area contributed by atoms with E-state index in [0.29, 0.717) is 11.6 Å². The number of amides is 1. The number of halogens is 1. The summed E-state index contributed by atoms with van der Waals surface area (Å²) in [5.41, 5.74) is 4.42. The molecule has 6 heteroatoms. The topological polar surface area (TPSA) is 61.0 Å². The number of aryl methyl sites for hydroxylation is 1. The zero-order valence-corrected chi connectivity index (χ0v) is 16.8. The van der Waals surface area contributed by atoms with Crippen molar-refractivity contribution in [2.24, 2.45) is 5.92 Å². The smallest absolute Gasteiger partial charge is 0.223 e. The molecule has 0 aliphatic carbocycles. The first kappa shape index (κ1) is 18.8. The van der Waals surface area contributed by atoms with Gasteiger partial charge >= 0.3 is 0 Å². The van der Waals surface area contributed by atoms with Crippen LogP contribution >= 0.6 is 11.6 Å². The van der Waals surface area contributed by atoms with Crippen LogP contribution in [0.5, 0.6) is 0 Å². The number of carbonyl (C=O) groups is 1. The van der Waals surface area contributed by atoms with Crippen molar-refractivity contribution in [3.8, 4) is 0 Å². The van der Waals surface area contributed by atoms with Crippen molar-refractivity contribution in [1.29, 1.82) is 0 Å². The van der Waals surface area contributed by atoms with Gasteiger partial charge in [0.25, 0.3) is 0 Å². The van der Waals surface area contributed by atoms with E-state index in [1.54, 1.807) is 0 Å². The molecule has 1 aromatic heterocycles. The van der Waals surface area contributed by atoms with Crippen LogP contribution in [0.15, 0.2) is 42.5 Å². The lowest BCUT2D eigenvalue weighted by Gasteiger charge is -2.31. The van der Waals surface area contributed by atoms with Gasteiger partial charge in [-0.1, -0.05) is 35.9 Å². The molecule has 2 N–H and O–H groups in total. The summed E-state index contributed by atoms with van der Waals surface area (Å²) in [7, 11) is 0. The van der Waals surface area contributed by atoms with Crippen molar-refractivity contribution in [3.63, 3.8) is 0 Å². The SMILES string of the molecule is Cc1ccccc1CCNC(=O)C1CCN(c2nc3ccc(Cl)cc3[nH]2)CC1. The first-order valence-corrected chi connectivity index (χ1v) is 10.2. The van der Waals surface area contributed by atoms with E-state index in [4.69, 9.17) is 11.6 Å². The zero-order chi connectivity index (χ0) is 19.5. The molecule has 0 atom stereocenters. The zero-order valence-electron chi connectivity index (χ0n) is 16.0. The van der Waals surface area contributed by atoms with Crippen molar-refractivity contribution in [1.82, 2.24) is 15.3 Å². The Morgan fingerprint density at radius 1 is 1.25 bits per heavy atom. The number of piperidine rings is 1. The van der Waals surface area contributed by atoms with Gasteiger partial charge in [-0.15, -0.1) is 0 Å². The standard InChI is InChI=1S/C22H25ClN4O/c1-15-4-2-3-5-16(15)8-11-24-21(28)17-9-12-27(13-10-17)22-25-19-7-6-18(23)14-20(19)26-22/h2-7,14,17H,8-13H2,1H3,(H,24,28)(H,25,26). The molecule has 28 heavy (non-hydrogen) atoms. The minimum Gasteiger partial charge on any atom is -0.356 e. The van der Waals surface area contributed by atoms with E-state index in [1.165, 1.54) is 11.1 Å². The fourth-order valence-corrected chi connectivity index (χ4v) is 4.00. The number of imidazole rings is 1. The maximum absolute atomic E-state index is 12.5. The number of rotatable bonds is 5. The van der Waals surface area contributed by atoms with Crippen LogP contribution in [0.2, 0.25) is 5.02 Å². The summed E-state index contributed by atoms with van der Waals surface area (Å²) in [5.74, 6) is 1.10. The van der Waals surface area contributed by atoms with Gasteiger partial charge in [-0.25, -0.2) is 4.98 Å². The van der Waals surface area contributed by atoms with Crippen LogP contribution < -0.4 is 10.2 Å². The summed E-state index contributed by atoms with van der Waals surface area (Å²) in [4.78, 5) is 22.7. The van der Waals surface area contributed by atoms with Gasteiger partial charge < -0.3 is 15.2 Å². The van der Waals surface area contributed by atoms with Crippen LogP contribution in [0.25, 0.3) is 11.0 Å². The predicted octanol–water partition coefficient (Wildman–Crippen LogP) is 4.10. The lowest BCUT2D eigenvalue weighted by atomic mass is 9.96. The molecule has 1 fully saturated rings. The highest BCUT2D eigenvalue weighted by Gasteiger charge is 2.26. The molecule has 0 bridgehead atoms. The van der Waals surface area contributed by atoms with Crippen LogP contribution in [-0.4, -0.2) is 35.5 Å². The largest absolute Gasteiger partial charge is 0.356 e. The maximum Gasteiger partial charge on any atom is 0.223 e. The molecule has 5 nitrogen and oxygen atoms in total. The number of fused-ring (bicyclic) bond motifs is 1. The van der Waals surface area contributed by atoms with E-state index in [0.717, 1.165) is 49.3 Å². The summed E-state index contributed by atoms with van der Waals surface area (Å²) in [5, 5.41) is 3.81. The molecule has 2 aromatic carbocycles. The van der Waals surface area contributed by atoms with Gasteiger partial charge in [-0.3, -0.25) is 4.79 Å². The summed E-state index contributed by atoms with van der Waals surface area (Å²) in [6, 6.07) is 14.0. The highest BCUT2D eigenvalue weighted by molar-refractivity contribution is 6.31. The Morgan fingerprint density at radius 2 is 2.04 bits per heavy atom. The van der Waals surface area contributed by atoms with Crippen molar-refractivity contribution in [3.05, 3.63) is 58.6 Å². The number of hydrogen-bond donors (Lipinski definition) is 2. The van der Waals surface area contributed by atoms with E-state index < -0.39 is 0 Å². The summed E-state index contributed by atoms with van der Waals surface area (Å²) < 4.78 is 0. The lowest BCUT2D eigenvalue weighted by Crippen LogP contribution is -2.41. The number of carbonyl (C=O) groups excluding carboxylic acids is 1. The van der Waals surface area contributed by atoms with Gasteiger partial charge in [-0.05, 0) is 55.5 Å². The predicted molar refractivity (Wildman–Crippen MR) is 114 cm³/mol. The van der Waals surface area contributed by atoms with E-state index >= 15 is 0 Å². The molecule has 1 aliphatic heterocycles. The Kier molecular flexibility index (Phi) is 5.53. The average molecular weight is 397 g/mol. The number of nitrogens with one attached hydrogen (secondary N) is 2. The van der Waals surface area contributed by atoms with Gasteiger partial charge in [0, 0.05) is 30.6 Å². The second-order valence-corrected chi connectivity index (χ2v) is 7.89. The van der Waals surface area contributed by atoms with Gasteiger partial charge in [0.15, 0.2) is 0 Å². The number of aromatic nitrogens is 2. The third-order valence-corrected chi connectivity index (χ3v) is 5.79. The van der Waals surface area contributed by atoms with Gasteiger partial charge in [0.05, 0.1) is 11.0 Å². The summed E-state index contributed by atoms with van der Waals surface area (Å²) in [6.45, 7) is 4.44. The first-order chi connectivity index (χ1) is 13.6. The van der Waals surface area contributed by atoms with Crippen LogP contribution in [-0.2, 0) is 11.2 Å². The maximum atomic E-state index is 12.5. The minimum absolute atomic E-state index is 0.0759. The molecule has 1 saturated heterocycles. The fourth-order valence-electron chi connectivity index (χ4n) is 3.83. The molecule has 1 aliphatic rings.